The molecule has 59 heavy (non-hydrogen) atoms. The minimum Gasteiger partial charge on any atom is -0.484 e. The van der Waals surface area contributed by atoms with Crippen molar-refractivity contribution in [2.75, 3.05) is 76.7 Å². The first-order valence-electron chi connectivity index (χ1n) is 20.7. The zero-order chi connectivity index (χ0) is 41.3. The van der Waals surface area contributed by atoms with Gasteiger partial charge < -0.3 is 29.7 Å². The van der Waals surface area contributed by atoms with Gasteiger partial charge in [-0.2, -0.15) is 4.98 Å². The molecule has 3 N–H and O–H groups in total. The molecule has 0 unspecified atom stereocenters. The highest BCUT2D eigenvalue weighted by Gasteiger charge is 2.27. The molecular formula is C43H54N10O6. The summed E-state index contributed by atoms with van der Waals surface area (Å²) >= 11 is 0. The van der Waals surface area contributed by atoms with Crippen LogP contribution < -0.4 is 25.6 Å². The van der Waals surface area contributed by atoms with E-state index in [1.54, 1.807) is 61.6 Å². The van der Waals surface area contributed by atoms with E-state index in [0.717, 1.165) is 87.7 Å². The number of piperazine rings is 1. The lowest BCUT2D eigenvalue weighted by molar-refractivity contribution is -0.135. The number of amides is 6. The summed E-state index contributed by atoms with van der Waals surface area (Å²) in [5, 5.41) is 9.44. The Bertz CT molecular complexity index is 2120. The van der Waals surface area contributed by atoms with Crippen molar-refractivity contribution in [1.29, 1.82) is 0 Å². The Morgan fingerprint density at radius 1 is 0.898 bits per heavy atom. The number of hydrogen-bond acceptors (Lipinski definition) is 10. The number of rotatable bonds is 16. The maximum Gasteiger partial charge on any atom is 0.328 e. The molecule has 16 nitrogen and oxygen atoms in total. The first kappa shape index (κ1) is 41.1. The van der Waals surface area contributed by atoms with E-state index >= 15 is 0 Å². The van der Waals surface area contributed by atoms with Gasteiger partial charge in [-0.3, -0.25) is 34.3 Å². The van der Waals surface area contributed by atoms with Crippen LogP contribution in [0.2, 0.25) is 0 Å². The smallest absolute Gasteiger partial charge is 0.328 e. The molecule has 0 bridgehead atoms. The molecule has 4 aromatic rings. The molecule has 2 aliphatic heterocycles. The SMILES string of the molecule is CN(C)C(=O)c1cc2cnc(Nc3ccc(C(=O)NCCCCCCN4CCN(C(=O)COc5ccc(N6CCC(=O)NC6=O)cc5)CC4)cc3)nc2n1C1CCCC1. The Hall–Kier alpha value is -6.03. The van der Waals surface area contributed by atoms with Crippen molar-refractivity contribution in [3.05, 3.63) is 72.1 Å². The van der Waals surface area contributed by atoms with E-state index in [4.69, 9.17) is 9.72 Å². The van der Waals surface area contributed by atoms with Crippen LogP contribution in [-0.2, 0) is 9.59 Å². The van der Waals surface area contributed by atoms with Gasteiger partial charge in [-0.15, -0.1) is 0 Å². The van der Waals surface area contributed by atoms with Crippen LogP contribution in [0.4, 0.5) is 22.1 Å². The Labute approximate surface area is 344 Å². The minimum atomic E-state index is -0.442. The number of carbonyl (C=O) groups is 5. The molecule has 2 aromatic heterocycles. The van der Waals surface area contributed by atoms with Crippen molar-refractivity contribution in [3.8, 4) is 5.75 Å². The highest BCUT2D eigenvalue weighted by Crippen LogP contribution is 2.35. The van der Waals surface area contributed by atoms with Crippen molar-refractivity contribution in [1.82, 2.24) is 39.9 Å². The molecular weight excluding hydrogens is 753 g/mol. The predicted molar refractivity (Wildman–Crippen MR) is 224 cm³/mol. The van der Waals surface area contributed by atoms with Crippen molar-refractivity contribution < 1.29 is 28.7 Å². The molecule has 3 aliphatic rings. The monoisotopic (exact) mass is 806 g/mol. The van der Waals surface area contributed by atoms with Gasteiger partial charge in [0, 0.05) is 94.3 Å². The summed E-state index contributed by atoms with van der Waals surface area (Å²) in [5.74, 6) is 0.484. The zero-order valence-corrected chi connectivity index (χ0v) is 34.0. The molecule has 4 heterocycles. The Morgan fingerprint density at radius 2 is 1.63 bits per heavy atom. The summed E-state index contributed by atoms with van der Waals surface area (Å²) in [4.78, 5) is 78.8. The topological polar surface area (TPSA) is 174 Å². The zero-order valence-electron chi connectivity index (χ0n) is 34.0. The number of carbonyl (C=O) groups excluding carboxylic acids is 5. The summed E-state index contributed by atoms with van der Waals surface area (Å²) in [6.45, 7) is 4.82. The second kappa shape index (κ2) is 19.1. The van der Waals surface area contributed by atoms with Gasteiger partial charge in [0.1, 0.15) is 17.1 Å². The molecule has 0 radical (unpaired) electrons. The fourth-order valence-corrected chi connectivity index (χ4v) is 7.94. The number of hydrogen-bond donors (Lipinski definition) is 3. The van der Waals surface area contributed by atoms with Crippen molar-refractivity contribution in [2.45, 2.75) is 63.8 Å². The van der Waals surface area contributed by atoms with E-state index in [-0.39, 0.29) is 42.7 Å². The maximum absolute atomic E-state index is 13.0. The molecule has 16 heteroatoms. The van der Waals surface area contributed by atoms with Crippen LogP contribution in [0.3, 0.4) is 0 Å². The van der Waals surface area contributed by atoms with Gasteiger partial charge in [0.2, 0.25) is 11.9 Å². The largest absolute Gasteiger partial charge is 0.484 e. The molecule has 6 amide bonds. The van der Waals surface area contributed by atoms with Crippen LogP contribution in [-0.4, -0.2) is 125 Å². The van der Waals surface area contributed by atoms with E-state index in [9.17, 15) is 24.0 Å². The molecule has 1 saturated carbocycles. The number of anilines is 3. The van der Waals surface area contributed by atoms with Gasteiger partial charge in [-0.1, -0.05) is 25.7 Å². The molecule has 1 aliphatic carbocycles. The van der Waals surface area contributed by atoms with E-state index in [0.29, 0.717) is 54.8 Å². The highest BCUT2D eigenvalue weighted by atomic mass is 16.5. The number of fused-ring (bicyclic) bond motifs is 1. The van der Waals surface area contributed by atoms with Gasteiger partial charge in [0.15, 0.2) is 6.61 Å². The third-order valence-electron chi connectivity index (χ3n) is 11.3. The number of imide groups is 1. The highest BCUT2D eigenvalue weighted by molar-refractivity contribution is 6.05. The summed E-state index contributed by atoms with van der Waals surface area (Å²) in [6.07, 6.45) is 10.4. The van der Waals surface area contributed by atoms with Gasteiger partial charge >= 0.3 is 6.03 Å². The Balaban J connectivity index is 0.763. The number of nitrogens with zero attached hydrogens (tertiary/aromatic N) is 7. The summed E-state index contributed by atoms with van der Waals surface area (Å²) in [6, 6.07) is 15.9. The molecule has 2 aromatic carbocycles. The number of urea groups is 1. The van der Waals surface area contributed by atoms with Crippen molar-refractivity contribution in [2.24, 2.45) is 0 Å². The van der Waals surface area contributed by atoms with Gasteiger partial charge in [0.05, 0.1) is 0 Å². The van der Waals surface area contributed by atoms with Gasteiger partial charge in [-0.05, 0) is 86.8 Å². The molecule has 2 saturated heterocycles. The third kappa shape index (κ3) is 10.4. The molecule has 312 valence electrons. The fraction of sp³-hybridized carbons (Fsp3) is 0.465. The average molecular weight is 807 g/mol. The molecule has 0 atom stereocenters. The minimum absolute atomic E-state index is 0.0457. The van der Waals surface area contributed by atoms with Crippen LogP contribution in [0.1, 0.15) is 84.7 Å². The van der Waals surface area contributed by atoms with Gasteiger partial charge in [0.25, 0.3) is 17.7 Å². The number of unbranched alkanes of at least 4 members (excludes halogenated alkanes) is 3. The lowest BCUT2D eigenvalue weighted by Crippen LogP contribution is -2.50. The summed E-state index contributed by atoms with van der Waals surface area (Å²) < 4.78 is 7.82. The number of nitrogens with one attached hydrogen (secondary N) is 3. The normalized spacial score (nSPS) is 16.3. The van der Waals surface area contributed by atoms with Crippen LogP contribution >= 0.6 is 0 Å². The number of ether oxygens (including phenoxy) is 1. The predicted octanol–water partition coefficient (Wildman–Crippen LogP) is 4.95. The molecule has 7 rings (SSSR count). The fourth-order valence-electron chi connectivity index (χ4n) is 7.94. The lowest BCUT2D eigenvalue weighted by atomic mass is 10.1. The summed E-state index contributed by atoms with van der Waals surface area (Å²) in [7, 11) is 3.53. The number of benzene rings is 2. The van der Waals surface area contributed by atoms with E-state index < -0.39 is 6.03 Å². The lowest BCUT2D eigenvalue weighted by Gasteiger charge is -2.34. The molecule has 0 spiro atoms. The van der Waals surface area contributed by atoms with E-state index in [1.165, 1.54) is 4.90 Å². The average Bonchev–Trinajstić information content (AvgIpc) is 3.91. The third-order valence-corrected chi connectivity index (χ3v) is 11.3. The Kier molecular flexibility index (Phi) is 13.4. The van der Waals surface area contributed by atoms with Crippen LogP contribution in [0, 0.1) is 0 Å². The second-order valence-corrected chi connectivity index (χ2v) is 15.6. The van der Waals surface area contributed by atoms with E-state index in [2.05, 4.69) is 30.4 Å². The molecule has 3 fully saturated rings. The van der Waals surface area contributed by atoms with Crippen LogP contribution in [0.15, 0.2) is 60.8 Å². The van der Waals surface area contributed by atoms with Crippen molar-refractivity contribution >= 4 is 58.0 Å². The number of aromatic nitrogens is 3. The standard InChI is InChI=1S/C43H54N10O6/c1-49(2)41(57)36-27-31-28-45-42(48-39(31)53(36)34-9-5-6-10-34)46-32-13-11-30(12-14-32)40(56)44-20-7-3-4-8-21-50-23-25-51(26-24-50)38(55)29-59-35-17-15-33(16-18-35)52-22-19-37(54)47-43(52)58/h11-18,27-28,34H,3-10,19-26,29H2,1-2H3,(H,44,56)(H,45,46,48)(H,47,54,58). The Morgan fingerprint density at radius 3 is 2.34 bits per heavy atom. The van der Waals surface area contributed by atoms with Gasteiger partial charge in [-0.25, -0.2) is 9.78 Å². The second-order valence-electron chi connectivity index (χ2n) is 15.6. The van der Waals surface area contributed by atoms with Crippen molar-refractivity contribution in [3.63, 3.8) is 0 Å². The van der Waals surface area contributed by atoms with E-state index in [1.807, 2.05) is 23.1 Å². The van der Waals surface area contributed by atoms with Crippen LogP contribution in [0.25, 0.3) is 11.0 Å². The summed E-state index contributed by atoms with van der Waals surface area (Å²) in [5.41, 5.74) is 3.39. The first-order chi connectivity index (χ1) is 28.6. The van der Waals surface area contributed by atoms with Crippen LogP contribution in [0.5, 0.6) is 5.75 Å². The first-order valence-corrected chi connectivity index (χ1v) is 20.7. The maximum atomic E-state index is 13.0. The quantitative estimate of drug-likeness (QED) is 0.132.